The molecule has 6 heteroatoms. The van der Waals surface area contributed by atoms with Crippen LogP contribution in [0.5, 0.6) is 0 Å². The molecule has 0 radical (unpaired) electrons. The first-order chi connectivity index (χ1) is 8.49. The van der Waals surface area contributed by atoms with E-state index in [9.17, 15) is 4.79 Å². The van der Waals surface area contributed by atoms with Gasteiger partial charge in [-0.15, -0.1) is 12.4 Å². The number of furan rings is 1. The molecule has 1 aromatic carbocycles. The molecule has 0 bridgehead atoms. The van der Waals surface area contributed by atoms with Crippen molar-refractivity contribution in [1.82, 2.24) is 0 Å². The second-order valence-electron chi connectivity index (χ2n) is 4.40. The van der Waals surface area contributed by atoms with E-state index in [0.717, 1.165) is 10.9 Å². The third-order valence-corrected chi connectivity index (χ3v) is 2.73. The van der Waals surface area contributed by atoms with Crippen molar-refractivity contribution in [3.8, 4) is 0 Å². The smallest absolute Gasteiger partial charge is 0.284 e. The van der Waals surface area contributed by atoms with Crippen molar-refractivity contribution in [2.45, 2.75) is 19.8 Å². The second kappa shape index (κ2) is 5.75. The first kappa shape index (κ1) is 15.0. The van der Waals surface area contributed by atoms with Gasteiger partial charge in [0.05, 0.1) is 5.56 Å². The summed E-state index contributed by atoms with van der Waals surface area (Å²) in [5.41, 5.74) is 12.5. The molecular formula is C13H16ClN3O2. The Morgan fingerprint density at radius 3 is 2.58 bits per heavy atom. The lowest BCUT2D eigenvalue weighted by atomic mass is 10.0. The summed E-state index contributed by atoms with van der Waals surface area (Å²) in [7, 11) is 0. The Morgan fingerprint density at radius 2 is 2.00 bits per heavy atom. The zero-order valence-corrected chi connectivity index (χ0v) is 11.5. The molecule has 19 heavy (non-hydrogen) atoms. The van der Waals surface area contributed by atoms with Crippen LogP contribution in [0.25, 0.3) is 11.0 Å². The normalized spacial score (nSPS) is 10.3. The number of hydrogen-bond acceptors (Lipinski definition) is 2. The predicted molar refractivity (Wildman–Crippen MR) is 77.7 cm³/mol. The van der Waals surface area contributed by atoms with Gasteiger partial charge in [0.25, 0.3) is 5.91 Å². The minimum Gasteiger partial charge on any atom is -0.463 e. The number of benzene rings is 1. The van der Waals surface area contributed by atoms with E-state index in [1.165, 1.54) is 6.26 Å². The number of carbonyl (C=O) groups excluding carboxylic acids is 1. The number of aliphatic imine (C=N–C) groups is 1. The highest BCUT2D eigenvalue weighted by molar-refractivity contribution is 6.09. The highest BCUT2D eigenvalue weighted by Crippen LogP contribution is 2.26. The molecule has 1 aromatic heterocycles. The molecule has 5 nitrogen and oxygen atoms in total. The predicted octanol–water partition coefficient (Wildman–Crippen LogP) is 2.39. The summed E-state index contributed by atoms with van der Waals surface area (Å²) in [6, 6.07) is 5.75. The van der Waals surface area contributed by atoms with Gasteiger partial charge in [0.2, 0.25) is 0 Å². The minimum atomic E-state index is -0.491. The van der Waals surface area contributed by atoms with Crippen LogP contribution >= 0.6 is 12.4 Å². The fourth-order valence-corrected chi connectivity index (χ4v) is 1.75. The van der Waals surface area contributed by atoms with Crippen molar-refractivity contribution in [3.63, 3.8) is 0 Å². The molecule has 1 amide bonds. The van der Waals surface area contributed by atoms with Gasteiger partial charge in [-0.05, 0) is 23.6 Å². The molecule has 2 aromatic rings. The maximum atomic E-state index is 11.8. The van der Waals surface area contributed by atoms with Crippen molar-refractivity contribution in [1.29, 1.82) is 0 Å². The maximum absolute atomic E-state index is 11.8. The largest absolute Gasteiger partial charge is 0.463 e. The monoisotopic (exact) mass is 281 g/mol. The number of nitrogens with zero attached hydrogens (tertiary/aromatic N) is 1. The highest BCUT2D eigenvalue weighted by atomic mass is 35.5. The van der Waals surface area contributed by atoms with Gasteiger partial charge >= 0.3 is 0 Å². The van der Waals surface area contributed by atoms with Crippen molar-refractivity contribution >= 4 is 35.2 Å². The zero-order valence-electron chi connectivity index (χ0n) is 10.7. The van der Waals surface area contributed by atoms with E-state index >= 15 is 0 Å². The van der Waals surface area contributed by atoms with Crippen LogP contribution in [0.1, 0.15) is 35.7 Å². The molecule has 0 saturated heterocycles. The summed E-state index contributed by atoms with van der Waals surface area (Å²) in [5.74, 6) is -0.376. The van der Waals surface area contributed by atoms with Crippen molar-refractivity contribution in [2.24, 2.45) is 16.5 Å². The Kier molecular flexibility index (Phi) is 4.56. The third kappa shape index (κ3) is 3.06. The summed E-state index contributed by atoms with van der Waals surface area (Å²) in [6.45, 7) is 4.16. The van der Waals surface area contributed by atoms with Gasteiger partial charge < -0.3 is 15.9 Å². The summed E-state index contributed by atoms with van der Waals surface area (Å²) in [4.78, 5) is 15.3. The highest BCUT2D eigenvalue weighted by Gasteiger charge is 2.14. The number of carbonyl (C=O) groups is 1. The fraction of sp³-hybridized carbons (Fsp3) is 0.231. The van der Waals surface area contributed by atoms with Crippen LogP contribution < -0.4 is 11.5 Å². The van der Waals surface area contributed by atoms with Crippen molar-refractivity contribution in [2.75, 3.05) is 0 Å². The number of nitrogens with two attached hydrogens (primary N) is 2. The number of hydrogen-bond donors (Lipinski definition) is 2. The molecular weight excluding hydrogens is 266 g/mol. The van der Waals surface area contributed by atoms with Gasteiger partial charge in [-0.25, -0.2) is 0 Å². The standard InChI is InChI=1S/C13H15N3O2.ClH/c1-7(2)8-3-4-11-9(5-8)10(6-18-11)12(17)16-13(14)15;/h3-7H,1-2H3,(H4,14,15,16,17);1H. The van der Waals surface area contributed by atoms with Gasteiger partial charge in [0.15, 0.2) is 5.96 Å². The van der Waals surface area contributed by atoms with E-state index in [0.29, 0.717) is 17.1 Å². The van der Waals surface area contributed by atoms with E-state index in [4.69, 9.17) is 15.9 Å². The molecule has 0 unspecified atom stereocenters. The van der Waals surface area contributed by atoms with Crippen LogP contribution in [0.4, 0.5) is 0 Å². The Balaban J connectivity index is 0.00000180. The van der Waals surface area contributed by atoms with Crippen molar-refractivity contribution < 1.29 is 9.21 Å². The molecule has 0 saturated carbocycles. The van der Waals surface area contributed by atoms with Gasteiger partial charge in [0, 0.05) is 5.39 Å². The number of guanidine groups is 1. The molecule has 102 valence electrons. The van der Waals surface area contributed by atoms with Gasteiger partial charge in [-0.2, -0.15) is 4.99 Å². The maximum Gasteiger partial charge on any atom is 0.284 e. The molecule has 0 atom stereocenters. The van der Waals surface area contributed by atoms with Gasteiger partial charge in [-0.1, -0.05) is 19.9 Å². The Hall–Kier alpha value is -2.01. The Morgan fingerprint density at radius 1 is 1.32 bits per heavy atom. The number of rotatable bonds is 2. The molecule has 0 fully saturated rings. The SMILES string of the molecule is CC(C)c1ccc2occ(C(=O)N=C(N)N)c2c1.Cl. The number of amides is 1. The molecule has 0 aliphatic rings. The lowest BCUT2D eigenvalue weighted by Gasteiger charge is -2.04. The second-order valence-corrected chi connectivity index (χ2v) is 4.40. The first-order valence-electron chi connectivity index (χ1n) is 5.64. The average molecular weight is 282 g/mol. The lowest BCUT2D eigenvalue weighted by molar-refractivity contribution is 0.100. The molecule has 1 heterocycles. The molecule has 4 N–H and O–H groups in total. The van der Waals surface area contributed by atoms with E-state index in [1.54, 1.807) is 0 Å². The first-order valence-corrected chi connectivity index (χ1v) is 5.64. The summed E-state index contributed by atoms with van der Waals surface area (Å²) in [6.07, 6.45) is 1.38. The van der Waals surface area contributed by atoms with Crippen LogP contribution in [-0.4, -0.2) is 11.9 Å². The molecule has 2 rings (SSSR count). The van der Waals surface area contributed by atoms with Crippen LogP contribution in [0, 0.1) is 0 Å². The van der Waals surface area contributed by atoms with Crippen LogP contribution in [-0.2, 0) is 0 Å². The third-order valence-electron chi connectivity index (χ3n) is 2.73. The molecule has 0 aliphatic carbocycles. The summed E-state index contributed by atoms with van der Waals surface area (Å²) >= 11 is 0. The van der Waals surface area contributed by atoms with Gasteiger partial charge in [-0.3, -0.25) is 4.79 Å². The quantitative estimate of drug-likeness (QED) is 0.653. The molecule has 0 spiro atoms. The number of halogens is 1. The van der Waals surface area contributed by atoms with E-state index in [2.05, 4.69) is 18.8 Å². The van der Waals surface area contributed by atoms with E-state index in [1.807, 2.05) is 18.2 Å². The topological polar surface area (TPSA) is 94.6 Å². The van der Waals surface area contributed by atoms with Crippen LogP contribution in [0.2, 0.25) is 0 Å². The summed E-state index contributed by atoms with van der Waals surface area (Å²) < 4.78 is 5.31. The lowest BCUT2D eigenvalue weighted by Crippen LogP contribution is -2.24. The van der Waals surface area contributed by atoms with Crippen LogP contribution in [0.15, 0.2) is 33.9 Å². The average Bonchev–Trinajstić information content (AvgIpc) is 2.70. The van der Waals surface area contributed by atoms with E-state index < -0.39 is 5.91 Å². The Bertz CT molecular complexity index is 628. The summed E-state index contributed by atoms with van der Waals surface area (Å²) in [5, 5.41) is 0.733. The van der Waals surface area contributed by atoms with Crippen molar-refractivity contribution in [3.05, 3.63) is 35.6 Å². The van der Waals surface area contributed by atoms with E-state index in [-0.39, 0.29) is 18.4 Å². The zero-order chi connectivity index (χ0) is 13.3. The minimum absolute atomic E-state index is 0. The fourth-order valence-electron chi connectivity index (χ4n) is 1.75. The molecule has 0 aliphatic heterocycles. The number of fused-ring (bicyclic) bond motifs is 1. The Labute approximate surface area is 117 Å². The van der Waals surface area contributed by atoms with Gasteiger partial charge in [0.1, 0.15) is 11.8 Å². The van der Waals surface area contributed by atoms with Crippen LogP contribution in [0.3, 0.4) is 0 Å².